The number of likely N-dealkylation sites (tertiary alicyclic amines) is 1. The van der Waals surface area contributed by atoms with E-state index in [9.17, 15) is 4.79 Å². The van der Waals surface area contributed by atoms with Crippen LogP contribution in [-0.2, 0) is 4.74 Å². The summed E-state index contributed by atoms with van der Waals surface area (Å²) in [6.45, 7) is 3.73. The van der Waals surface area contributed by atoms with Gasteiger partial charge in [-0.25, -0.2) is 9.97 Å². The monoisotopic (exact) mass is 328 g/mol. The number of ether oxygens (including phenoxy) is 1. The number of nitrogens with zero attached hydrogens (tertiary/aromatic N) is 3. The van der Waals surface area contributed by atoms with Gasteiger partial charge in [0.25, 0.3) is 5.91 Å². The lowest BCUT2D eigenvalue weighted by Crippen LogP contribution is -2.36. The van der Waals surface area contributed by atoms with Crippen molar-refractivity contribution in [3.63, 3.8) is 0 Å². The fourth-order valence-electron chi connectivity index (χ4n) is 3.57. The van der Waals surface area contributed by atoms with E-state index in [2.05, 4.69) is 15.3 Å². The van der Waals surface area contributed by atoms with E-state index in [1.165, 1.54) is 0 Å². The average molecular weight is 328 g/mol. The number of aromatic nitrogens is 2. The molecule has 1 N–H and O–H groups in total. The van der Waals surface area contributed by atoms with Gasteiger partial charge in [-0.2, -0.15) is 0 Å². The highest BCUT2D eigenvalue weighted by Crippen LogP contribution is 2.36. The predicted molar refractivity (Wildman–Crippen MR) is 86.7 cm³/mol. The van der Waals surface area contributed by atoms with Crippen LogP contribution in [0.3, 0.4) is 0 Å². The summed E-state index contributed by atoms with van der Waals surface area (Å²) in [4.78, 5) is 22.9. The van der Waals surface area contributed by atoms with E-state index in [1.54, 1.807) is 30.8 Å². The van der Waals surface area contributed by atoms with Crippen LogP contribution in [0.25, 0.3) is 0 Å². The van der Waals surface area contributed by atoms with Gasteiger partial charge in [0.05, 0.1) is 36.6 Å². The Balaban J connectivity index is 1.40. The van der Waals surface area contributed by atoms with Gasteiger partial charge in [0, 0.05) is 25.4 Å². The Labute approximate surface area is 140 Å². The van der Waals surface area contributed by atoms with E-state index >= 15 is 0 Å². The minimum atomic E-state index is -0.264. The number of nitrogens with one attached hydrogen (secondary N) is 1. The molecule has 0 radical (unpaired) electrons. The van der Waals surface area contributed by atoms with Crippen LogP contribution in [0.2, 0.25) is 0 Å². The topological polar surface area (TPSA) is 80.5 Å². The highest BCUT2D eigenvalue weighted by molar-refractivity contribution is 5.95. The number of anilines is 1. The number of carbonyl (C=O) groups is 1. The highest BCUT2D eigenvalue weighted by atomic mass is 16.5. The average Bonchev–Trinajstić information content (AvgIpc) is 3.30. The van der Waals surface area contributed by atoms with Gasteiger partial charge in [-0.15, -0.1) is 0 Å². The van der Waals surface area contributed by atoms with Crippen molar-refractivity contribution in [1.29, 1.82) is 0 Å². The Morgan fingerprint density at radius 2 is 2.25 bits per heavy atom. The fourth-order valence-corrected chi connectivity index (χ4v) is 3.57. The minimum absolute atomic E-state index is 0.0181. The van der Waals surface area contributed by atoms with Crippen LogP contribution in [0.15, 0.2) is 35.2 Å². The number of hydrogen-bond donors (Lipinski definition) is 1. The van der Waals surface area contributed by atoms with Crippen molar-refractivity contribution < 1.29 is 13.9 Å². The third-order valence-electron chi connectivity index (χ3n) is 4.80. The molecule has 0 bridgehead atoms. The van der Waals surface area contributed by atoms with Crippen LogP contribution in [0.5, 0.6) is 0 Å². The second-order valence-electron chi connectivity index (χ2n) is 6.48. The first-order valence-electron chi connectivity index (χ1n) is 8.16. The highest BCUT2D eigenvalue weighted by Gasteiger charge is 2.47. The molecule has 0 saturated carbocycles. The molecular weight excluding hydrogens is 308 g/mol. The summed E-state index contributed by atoms with van der Waals surface area (Å²) in [7, 11) is 0. The quantitative estimate of drug-likeness (QED) is 0.926. The van der Waals surface area contributed by atoms with Gasteiger partial charge in [0.15, 0.2) is 0 Å². The number of furan rings is 1. The van der Waals surface area contributed by atoms with Crippen molar-refractivity contribution in [3.05, 3.63) is 42.1 Å². The molecular formula is C17H20N4O3. The van der Waals surface area contributed by atoms with E-state index in [1.807, 2.05) is 11.8 Å². The zero-order valence-electron chi connectivity index (χ0n) is 13.6. The summed E-state index contributed by atoms with van der Waals surface area (Å²) in [5, 5.41) is 3.31. The van der Waals surface area contributed by atoms with Crippen molar-refractivity contribution in [2.24, 2.45) is 0 Å². The van der Waals surface area contributed by atoms with Crippen LogP contribution < -0.4 is 5.32 Å². The molecule has 7 nitrogen and oxygen atoms in total. The third kappa shape index (κ3) is 2.75. The maximum atomic E-state index is 12.6. The van der Waals surface area contributed by atoms with E-state index in [4.69, 9.17) is 9.15 Å². The summed E-state index contributed by atoms with van der Waals surface area (Å²) in [5.74, 6) is 1.29. The molecule has 2 aliphatic rings. The van der Waals surface area contributed by atoms with E-state index in [0.717, 1.165) is 12.8 Å². The second-order valence-corrected chi connectivity index (χ2v) is 6.48. The first kappa shape index (κ1) is 15.1. The van der Waals surface area contributed by atoms with Crippen molar-refractivity contribution >= 4 is 11.9 Å². The molecule has 1 amide bonds. The Kier molecular flexibility index (Phi) is 3.72. The van der Waals surface area contributed by atoms with E-state index in [-0.39, 0.29) is 17.6 Å². The lowest BCUT2D eigenvalue weighted by molar-refractivity contribution is 0.0124. The van der Waals surface area contributed by atoms with E-state index in [0.29, 0.717) is 37.0 Å². The minimum Gasteiger partial charge on any atom is -0.469 e. The van der Waals surface area contributed by atoms with Crippen LogP contribution in [-0.4, -0.2) is 52.1 Å². The van der Waals surface area contributed by atoms with Gasteiger partial charge in [-0.05, 0) is 25.5 Å². The summed E-state index contributed by atoms with van der Waals surface area (Å²) in [6.07, 6.45) is 6.68. The molecule has 2 saturated heterocycles. The molecule has 0 aliphatic carbocycles. The predicted octanol–water partition coefficient (Wildman–Crippen LogP) is 1.86. The number of hydrogen-bond acceptors (Lipinski definition) is 6. The molecule has 0 unspecified atom stereocenters. The Hall–Kier alpha value is -2.41. The molecule has 0 aromatic carbocycles. The molecule has 1 spiro atoms. The number of amides is 1. The number of rotatable bonds is 3. The second kappa shape index (κ2) is 5.90. The Bertz CT molecular complexity index is 732. The van der Waals surface area contributed by atoms with Crippen LogP contribution in [0.1, 0.15) is 29.0 Å². The molecule has 4 heterocycles. The molecule has 2 aromatic heterocycles. The van der Waals surface area contributed by atoms with Crippen molar-refractivity contribution in [3.8, 4) is 0 Å². The first-order valence-corrected chi connectivity index (χ1v) is 8.16. The lowest BCUT2D eigenvalue weighted by atomic mass is 9.97. The normalized spacial score (nSPS) is 26.2. The van der Waals surface area contributed by atoms with Gasteiger partial charge in [0.2, 0.25) is 5.95 Å². The summed E-state index contributed by atoms with van der Waals surface area (Å²) in [6, 6.07) is 3.68. The Morgan fingerprint density at radius 3 is 3.00 bits per heavy atom. The summed E-state index contributed by atoms with van der Waals surface area (Å²) in [5.41, 5.74) is 0.372. The van der Waals surface area contributed by atoms with Gasteiger partial charge in [0.1, 0.15) is 5.76 Å². The van der Waals surface area contributed by atoms with Crippen LogP contribution >= 0.6 is 0 Å². The van der Waals surface area contributed by atoms with Gasteiger partial charge in [-0.3, -0.25) is 4.79 Å². The van der Waals surface area contributed by atoms with Crippen molar-refractivity contribution in [1.82, 2.24) is 14.9 Å². The first-order chi connectivity index (χ1) is 11.7. The smallest absolute Gasteiger partial charge is 0.257 e. The maximum Gasteiger partial charge on any atom is 0.257 e. The Morgan fingerprint density at radius 1 is 1.42 bits per heavy atom. The zero-order valence-corrected chi connectivity index (χ0v) is 13.6. The van der Waals surface area contributed by atoms with Crippen LogP contribution in [0, 0.1) is 6.92 Å². The number of carbonyl (C=O) groups excluding carboxylic acids is 1. The molecule has 2 aliphatic heterocycles. The SMILES string of the molecule is Cc1occc1C(=O)N1CC[C@]2(C[C@H](Nc3ncccn3)CO2)C1. The third-order valence-corrected chi connectivity index (χ3v) is 4.80. The molecule has 4 rings (SSSR count). The maximum absolute atomic E-state index is 12.6. The molecule has 2 atom stereocenters. The molecule has 126 valence electrons. The molecule has 7 heteroatoms. The van der Waals surface area contributed by atoms with Gasteiger partial charge < -0.3 is 19.4 Å². The fraction of sp³-hybridized carbons (Fsp3) is 0.471. The van der Waals surface area contributed by atoms with Crippen LogP contribution in [0.4, 0.5) is 5.95 Å². The van der Waals surface area contributed by atoms with Gasteiger partial charge in [-0.1, -0.05) is 0 Å². The van der Waals surface area contributed by atoms with E-state index < -0.39 is 0 Å². The standard InChI is InChI=1S/C17H20N4O3/c1-12-14(3-8-23-12)15(22)21-7-4-17(11-21)9-13(10-24-17)20-16-18-5-2-6-19-16/h2-3,5-6,8,13H,4,7,9-11H2,1H3,(H,18,19,20)/t13-,17-/m0/s1. The molecule has 2 fully saturated rings. The summed E-state index contributed by atoms with van der Waals surface area (Å²) >= 11 is 0. The largest absolute Gasteiger partial charge is 0.469 e. The lowest BCUT2D eigenvalue weighted by Gasteiger charge is -2.23. The van der Waals surface area contributed by atoms with Crippen molar-refractivity contribution in [2.75, 3.05) is 25.0 Å². The molecule has 24 heavy (non-hydrogen) atoms. The molecule has 2 aromatic rings. The van der Waals surface area contributed by atoms with Crippen molar-refractivity contribution in [2.45, 2.75) is 31.4 Å². The summed E-state index contributed by atoms with van der Waals surface area (Å²) < 4.78 is 11.3. The van der Waals surface area contributed by atoms with Gasteiger partial charge >= 0.3 is 0 Å². The zero-order chi connectivity index (χ0) is 16.6. The number of aryl methyl sites for hydroxylation is 1.